The molecule has 3 heteroatoms. The normalized spacial score (nSPS) is 42.0. The second kappa shape index (κ2) is 4.40. The van der Waals surface area contributed by atoms with E-state index in [0.717, 1.165) is 38.2 Å². The summed E-state index contributed by atoms with van der Waals surface area (Å²) in [5, 5.41) is 0. The van der Waals surface area contributed by atoms with Crippen LogP contribution in [0, 0.1) is 11.8 Å². The first-order valence-corrected chi connectivity index (χ1v) is 6.33. The maximum Gasteiger partial charge on any atom is 0.0936 e. The highest BCUT2D eigenvalue weighted by molar-refractivity contribution is 4.89. The maximum absolute atomic E-state index is 5.70. The zero-order valence-corrected chi connectivity index (χ0v) is 9.36. The van der Waals surface area contributed by atoms with Crippen molar-refractivity contribution in [3.63, 3.8) is 0 Å². The standard InChI is InChI=1S/C12H21NO2/c1-2-10-6-13(7-11(10)3-1)8-12-9-14-4-5-15-12/h10-12H,1-9H2/t10-,11+,12-/m0/s1. The average Bonchev–Trinajstić information content (AvgIpc) is 2.79. The van der Waals surface area contributed by atoms with Crippen LogP contribution in [0.25, 0.3) is 0 Å². The van der Waals surface area contributed by atoms with Gasteiger partial charge in [-0.1, -0.05) is 6.42 Å². The maximum atomic E-state index is 5.70. The molecule has 86 valence electrons. The molecule has 1 saturated carbocycles. The lowest BCUT2D eigenvalue weighted by Gasteiger charge is -2.27. The monoisotopic (exact) mass is 211 g/mol. The Labute approximate surface area is 91.7 Å². The molecule has 1 aliphatic carbocycles. The Morgan fingerprint density at radius 1 is 1.07 bits per heavy atom. The van der Waals surface area contributed by atoms with Gasteiger partial charge in [-0.05, 0) is 24.7 Å². The van der Waals surface area contributed by atoms with Gasteiger partial charge in [-0.2, -0.15) is 0 Å². The molecule has 15 heavy (non-hydrogen) atoms. The van der Waals surface area contributed by atoms with E-state index in [9.17, 15) is 0 Å². The van der Waals surface area contributed by atoms with Crippen LogP contribution in [0.3, 0.4) is 0 Å². The van der Waals surface area contributed by atoms with E-state index >= 15 is 0 Å². The molecule has 0 bridgehead atoms. The van der Waals surface area contributed by atoms with Crippen molar-refractivity contribution in [2.24, 2.45) is 11.8 Å². The SMILES string of the molecule is C1C[C@@H]2CN(C[C@H]3COCCO3)C[C@@H]2C1. The van der Waals surface area contributed by atoms with Crippen molar-refractivity contribution in [1.29, 1.82) is 0 Å². The predicted octanol–water partition coefficient (Wildman–Crippen LogP) is 1.13. The molecule has 0 unspecified atom stereocenters. The summed E-state index contributed by atoms with van der Waals surface area (Å²) in [6.07, 6.45) is 4.72. The largest absolute Gasteiger partial charge is 0.376 e. The number of hydrogen-bond donors (Lipinski definition) is 0. The number of nitrogens with zero attached hydrogens (tertiary/aromatic N) is 1. The average molecular weight is 211 g/mol. The van der Waals surface area contributed by atoms with Gasteiger partial charge in [0.25, 0.3) is 0 Å². The molecule has 0 aromatic heterocycles. The molecule has 0 N–H and O–H groups in total. The molecule has 3 atom stereocenters. The molecule has 3 aliphatic rings. The summed E-state index contributed by atoms with van der Waals surface area (Å²) in [6.45, 7) is 6.07. The molecule has 0 amide bonds. The highest BCUT2D eigenvalue weighted by Gasteiger charge is 2.36. The highest BCUT2D eigenvalue weighted by atomic mass is 16.6. The van der Waals surface area contributed by atoms with Gasteiger partial charge in [0.15, 0.2) is 0 Å². The Bertz CT molecular complexity index is 204. The molecule has 0 radical (unpaired) electrons. The molecule has 2 heterocycles. The van der Waals surface area contributed by atoms with Crippen molar-refractivity contribution in [2.45, 2.75) is 25.4 Å². The van der Waals surface area contributed by atoms with Gasteiger partial charge >= 0.3 is 0 Å². The van der Waals surface area contributed by atoms with E-state index in [0.29, 0.717) is 6.10 Å². The van der Waals surface area contributed by atoms with Crippen LogP contribution in [0.5, 0.6) is 0 Å². The van der Waals surface area contributed by atoms with Gasteiger partial charge in [0, 0.05) is 19.6 Å². The predicted molar refractivity (Wildman–Crippen MR) is 57.8 cm³/mol. The molecule has 0 aromatic carbocycles. The third kappa shape index (κ3) is 2.19. The third-order valence-electron chi connectivity index (χ3n) is 4.15. The smallest absolute Gasteiger partial charge is 0.0936 e. The van der Waals surface area contributed by atoms with Gasteiger partial charge in [0.05, 0.1) is 25.9 Å². The Hall–Kier alpha value is -0.120. The van der Waals surface area contributed by atoms with Crippen LogP contribution < -0.4 is 0 Å². The first-order valence-electron chi connectivity index (χ1n) is 6.33. The molecule has 3 rings (SSSR count). The number of fused-ring (bicyclic) bond motifs is 1. The summed E-state index contributed by atoms with van der Waals surface area (Å²) in [5.41, 5.74) is 0. The lowest BCUT2D eigenvalue weighted by atomic mass is 10.0. The van der Waals surface area contributed by atoms with Crippen molar-refractivity contribution in [2.75, 3.05) is 39.5 Å². The van der Waals surface area contributed by atoms with Crippen molar-refractivity contribution in [3.05, 3.63) is 0 Å². The second-order valence-corrected chi connectivity index (χ2v) is 5.24. The van der Waals surface area contributed by atoms with Crippen LogP contribution in [0.15, 0.2) is 0 Å². The van der Waals surface area contributed by atoms with E-state index in [1.165, 1.54) is 32.4 Å². The minimum absolute atomic E-state index is 0.331. The summed E-state index contributed by atoms with van der Waals surface area (Å²) < 4.78 is 11.1. The highest BCUT2D eigenvalue weighted by Crippen LogP contribution is 2.37. The van der Waals surface area contributed by atoms with Gasteiger partial charge in [0.2, 0.25) is 0 Å². The molecular formula is C12H21NO2. The fourth-order valence-electron chi connectivity index (χ4n) is 3.41. The quantitative estimate of drug-likeness (QED) is 0.683. The second-order valence-electron chi connectivity index (χ2n) is 5.24. The van der Waals surface area contributed by atoms with Crippen LogP contribution >= 0.6 is 0 Å². The summed E-state index contributed by atoms with van der Waals surface area (Å²) in [6, 6.07) is 0. The van der Waals surface area contributed by atoms with E-state index < -0.39 is 0 Å². The summed E-state index contributed by atoms with van der Waals surface area (Å²) in [5.74, 6) is 1.99. The van der Waals surface area contributed by atoms with Crippen molar-refractivity contribution >= 4 is 0 Å². The number of likely N-dealkylation sites (tertiary alicyclic amines) is 1. The van der Waals surface area contributed by atoms with Crippen molar-refractivity contribution in [1.82, 2.24) is 4.90 Å². The van der Waals surface area contributed by atoms with Crippen molar-refractivity contribution in [3.8, 4) is 0 Å². The molecule has 0 spiro atoms. The number of rotatable bonds is 2. The fraction of sp³-hybridized carbons (Fsp3) is 1.00. The fourth-order valence-corrected chi connectivity index (χ4v) is 3.41. The molecule has 2 aliphatic heterocycles. The van der Waals surface area contributed by atoms with Gasteiger partial charge in [-0.25, -0.2) is 0 Å². The Morgan fingerprint density at radius 3 is 2.53 bits per heavy atom. The van der Waals surface area contributed by atoms with E-state index in [1.54, 1.807) is 0 Å². The van der Waals surface area contributed by atoms with Crippen molar-refractivity contribution < 1.29 is 9.47 Å². The van der Waals surface area contributed by atoms with Crippen LogP contribution in [0.1, 0.15) is 19.3 Å². The van der Waals surface area contributed by atoms with Crippen LogP contribution in [0.4, 0.5) is 0 Å². The van der Waals surface area contributed by atoms with E-state index in [-0.39, 0.29) is 0 Å². The first-order chi connectivity index (χ1) is 7.42. The minimum Gasteiger partial charge on any atom is -0.376 e. The van der Waals surface area contributed by atoms with E-state index in [2.05, 4.69) is 4.90 Å². The molecule has 2 saturated heterocycles. The minimum atomic E-state index is 0.331. The first kappa shape index (κ1) is 10.1. The van der Waals surface area contributed by atoms with E-state index in [1.807, 2.05) is 0 Å². The van der Waals surface area contributed by atoms with E-state index in [4.69, 9.17) is 9.47 Å². The summed E-state index contributed by atoms with van der Waals surface area (Å²) in [7, 11) is 0. The summed E-state index contributed by atoms with van der Waals surface area (Å²) >= 11 is 0. The zero-order chi connectivity index (χ0) is 10.1. The topological polar surface area (TPSA) is 21.7 Å². The molecule has 0 aromatic rings. The Balaban J connectivity index is 1.48. The molecule has 3 fully saturated rings. The Morgan fingerprint density at radius 2 is 1.87 bits per heavy atom. The van der Waals surface area contributed by atoms with Gasteiger partial charge < -0.3 is 14.4 Å². The van der Waals surface area contributed by atoms with Crippen LogP contribution in [-0.4, -0.2) is 50.5 Å². The molecule has 3 nitrogen and oxygen atoms in total. The lowest BCUT2D eigenvalue weighted by molar-refractivity contribution is -0.0964. The summed E-state index contributed by atoms with van der Waals surface area (Å²) in [4.78, 5) is 2.59. The Kier molecular flexibility index (Phi) is 2.95. The van der Waals surface area contributed by atoms with Gasteiger partial charge in [-0.15, -0.1) is 0 Å². The third-order valence-corrected chi connectivity index (χ3v) is 4.15. The zero-order valence-electron chi connectivity index (χ0n) is 9.36. The van der Waals surface area contributed by atoms with Gasteiger partial charge in [-0.3, -0.25) is 0 Å². The molecular weight excluding hydrogens is 190 g/mol. The van der Waals surface area contributed by atoms with Gasteiger partial charge in [0.1, 0.15) is 0 Å². The lowest BCUT2D eigenvalue weighted by Crippen LogP contribution is -2.39. The van der Waals surface area contributed by atoms with Crippen LogP contribution in [-0.2, 0) is 9.47 Å². The number of hydrogen-bond acceptors (Lipinski definition) is 3. The van der Waals surface area contributed by atoms with Crippen LogP contribution in [0.2, 0.25) is 0 Å². The number of ether oxygens (including phenoxy) is 2.